The smallest absolute Gasteiger partial charge is 0.234 e. The molecule has 0 saturated carbocycles. The number of hydrogen-bond acceptors (Lipinski definition) is 9. The van der Waals surface area contributed by atoms with Crippen molar-refractivity contribution >= 4 is 45.6 Å². The number of rotatable bonds is 6. The Hall–Kier alpha value is -4.01. The van der Waals surface area contributed by atoms with Crippen LogP contribution in [0, 0.1) is 31.0 Å². The second-order valence-corrected chi connectivity index (χ2v) is 11.5. The number of thioether (sulfide) groups is 1. The van der Waals surface area contributed by atoms with E-state index in [1.165, 1.54) is 29.2 Å². The van der Waals surface area contributed by atoms with Gasteiger partial charge in [-0.15, -0.1) is 10.2 Å². The van der Waals surface area contributed by atoms with Gasteiger partial charge in [0.25, 0.3) is 0 Å². The van der Waals surface area contributed by atoms with Crippen molar-refractivity contribution in [3.05, 3.63) is 87.6 Å². The summed E-state index contributed by atoms with van der Waals surface area (Å²) in [6.07, 6.45) is 1.43. The van der Waals surface area contributed by atoms with E-state index >= 15 is 0 Å². The van der Waals surface area contributed by atoms with E-state index in [2.05, 4.69) is 21.6 Å². The summed E-state index contributed by atoms with van der Waals surface area (Å²) in [6.45, 7) is 3.93. The molecule has 0 saturated heterocycles. The zero-order chi connectivity index (χ0) is 27.7. The van der Waals surface area contributed by atoms with Crippen molar-refractivity contribution in [2.75, 3.05) is 16.0 Å². The number of carbonyl (C=O) groups excluding carboxylic acids is 2. The molecule has 1 amide bonds. The van der Waals surface area contributed by atoms with Crippen LogP contribution < -0.4 is 16.0 Å². The molecule has 198 valence electrons. The van der Waals surface area contributed by atoms with Gasteiger partial charge >= 0.3 is 0 Å². The second kappa shape index (κ2) is 11.0. The molecule has 0 radical (unpaired) electrons. The van der Waals surface area contributed by atoms with Gasteiger partial charge in [0.05, 0.1) is 23.3 Å². The van der Waals surface area contributed by atoms with Crippen LogP contribution in [0.1, 0.15) is 41.9 Å². The molecule has 5 rings (SSSR count). The minimum Gasteiger partial charge on any atom is -0.384 e. The lowest BCUT2D eigenvalue weighted by Crippen LogP contribution is -2.38. The molecule has 1 unspecified atom stereocenters. The fourth-order valence-electron chi connectivity index (χ4n) is 4.94. The van der Waals surface area contributed by atoms with Crippen LogP contribution in [0.4, 0.5) is 15.2 Å². The largest absolute Gasteiger partial charge is 0.384 e. The molecule has 1 aliphatic carbocycles. The average Bonchev–Trinajstić information content (AvgIpc) is 3.37. The van der Waals surface area contributed by atoms with E-state index in [-0.39, 0.29) is 34.4 Å². The number of Topliss-reactive ketones (excluding diaryl/α,β-unsaturated/α-hetero) is 1. The third kappa shape index (κ3) is 5.17. The lowest BCUT2D eigenvalue weighted by Gasteiger charge is -2.38. The number of halogens is 1. The number of ketones is 1. The van der Waals surface area contributed by atoms with Crippen LogP contribution in [0.25, 0.3) is 0 Å². The fourth-order valence-corrected chi connectivity index (χ4v) is 6.62. The van der Waals surface area contributed by atoms with Crippen molar-refractivity contribution in [1.82, 2.24) is 10.2 Å². The van der Waals surface area contributed by atoms with Crippen LogP contribution >= 0.6 is 23.1 Å². The summed E-state index contributed by atoms with van der Waals surface area (Å²) in [6, 6.07) is 14.1. The Balaban J connectivity index is 1.42. The number of hydrogen-bond donors (Lipinski definition) is 2. The molecule has 11 heteroatoms. The third-order valence-electron chi connectivity index (χ3n) is 6.70. The predicted octanol–water partition coefficient (Wildman–Crippen LogP) is 5.33. The molecule has 2 aliphatic rings. The first-order valence-electron chi connectivity index (χ1n) is 12.3. The lowest BCUT2D eigenvalue weighted by molar-refractivity contribution is -0.116. The summed E-state index contributed by atoms with van der Waals surface area (Å²) in [7, 11) is 0. The highest BCUT2D eigenvalue weighted by Gasteiger charge is 2.42. The van der Waals surface area contributed by atoms with Crippen LogP contribution in [-0.4, -0.2) is 27.6 Å². The van der Waals surface area contributed by atoms with E-state index < -0.39 is 11.7 Å². The lowest BCUT2D eigenvalue weighted by atomic mass is 9.75. The van der Waals surface area contributed by atoms with Crippen LogP contribution in [0.2, 0.25) is 0 Å². The maximum absolute atomic E-state index is 14.9. The predicted molar refractivity (Wildman–Crippen MR) is 150 cm³/mol. The van der Waals surface area contributed by atoms with E-state index in [1.54, 1.807) is 23.1 Å². The Morgan fingerprint density at radius 1 is 1.26 bits per heavy atom. The molecule has 2 heterocycles. The third-order valence-corrected chi connectivity index (χ3v) is 8.74. The first kappa shape index (κ1) is 26.6. The molecule has 0 spiro atoms. The van der Waals surface area contributed by atoms with Crippen molar-refractivity contribution in [3.8, 4) is 6.07 Å². The van der Waals surface area contributed by atoms with Crippen molar-refractivity contribution in [2.45, 2.75) is 43.4 Å². The number of nitrogens with one attached hydrogen (secondary N) is 1. The van der Waals surface area contributed by atoms with E-state index in [4.69, 9.17) is 5.73 Å². The monoisotopic (exact) mass is 560 g/mol. The zero-order valence-corrected chi connectivity index (χ0v) is 23.0. The second-order valence-electron chi connectivity index (χ2n) is 9.34. The maximum atomic E-state index is 14.9. The van der Waals surface area contributed by atoms with Crippen molar-refractivity contribution < 1.29 is 14.0 Å². The molecule has 1 aromatic heterocycles. The number of nitrogens with two attached hydrogens (primary N) is 1. The summed E-state index contributed by atoms with van der Waals surface area (Å²) in [5, 5.41) is 21.9. The number of aryl methyl sites for hydroxylation is 2. The number of carbonyl (C=O) groups is 2. The first-order chi connectivity index (χ1) is 18.8. The van der Waals surface area contributed by atoms with Gasteiger partial charge < -0.3 is 11.1 Å². The molecule has 0 fully saturated rings. The molecular formula is C28H25FN6O2S2. The van der Waals surface area contributed by atoms with E-state index in [0.717, 1.165) is 16.8 Å². The van der Waals surface area contributed by atoms with Gasteiger partial charge in [0, 0.05) is 28.9 Å². The quantitative estimate of drug-likeness (QED) is 0.388. The molecule has 1 atom stereocenters. The van der Waals surface area contributed by atoms with Crippen molar-refractivity contribution in [3.63, 3.8) is 0 Å². The van der Waals surface area contributed by atoms with Gasteiger partial charge in [-0.25, -0.2) is 4.39 Å². The molecule has 8 nitrogen and oxygen atoms in total. The first-order valence-corrected chi connectivity index (χ1v) is 14.1. The minimum absolute atomic E-state index is 0.0892. The molecular weight excluding hydrogens is 535 g/mol. The highest BCUT2D eigenvalue weighted by molar-refractivity contribution is 8.01. The molecule has 2 aromatic carbocycles. The summed E-state index contributed by atoms with van der Waals surface area (Å²) in [5.41, 5.74) is 10.7. The van der Waals surface area contributed by atoms with E-state index in [9.17, 15) is 19.2 Å². The Morgan fingerprint density at radius 2 is 2.05 bits per heavy atom. The molecule has 3 aromatic rings. The normalized spacial score (nSPS) is 17.2. The van der Waals surface area contributed by atoms with Crippen LogP contribution in [0.15, 0.2) is 69.5 Å². The van der Waals surface area contributed by atoms with Gasteiger partial charge in [0.15, 0.2) is 10.1 Å². The fraction of sp³-hybridized carbons (Fsp3) is 0.250. The Bertz CT molecular complexity index is 1590. The van der Waals surface area contributed by atoms with E-state index in [1.807, 2.05) is 32.0 Å². The van der Waals surface area contributed by atoms with Gasteiger partial charge in [-0.05, 0) is 44.4 Å². The SMILES string of the molecule is Cc1ccc(NC(=O)CSc2nnc(N3C(N)=C(C#N)C(c4ccccc4F)C4=C3CCCC4=O)s2)c(C)c1. The number of nitrogens with zero attached hydrogens (tertiary/aromatic N) is 4. The van der Waals surface area contributed by atoms with Gasteiger partial charge in [-0.1, -0.05) is 59.0 Å². The number of nitriles is 1. The zero-order valence-electron chi connectivity index (χ0n) is 21.3. The summed E-state index contributed by atoms with van der Waals surface area (Å²) < 4.78 is 15.4. The van der Waals surface area contributed by atoms with E-state index in [0.29, 0.717) is 40.0 Å². The van der Waals surface area contributed by atoms with Crippen molar-refractivity contribution in [2.24, 2.45) is 5.73 Å². The van der Waals surface area contributed by atoms with Gasteiger partial charge in [-0.3, -0.25) is 14.5 Å². The molecule has 0 bridgehead atoms. The molecule has 3 N–H and O–H groups in total. The van der Waals surface area contributed by atoms with Crippen LogP contribution in [0.3, 0.4) is 0 Å². The van der Waals surface area contributed by atoms with Crippen LogP contribution in [-0.2, 0) is 9.59 Å². The number of anilines is 2. The maximum Gasteiger partial charge on any atom is 0.234 e. The summed E-state index contributed by atoms with van der Waals surface area (Å²) in [4.78, 5) is 27.3. The number of benzene rings is 2. The topological polar surface area (TPSA) is 125 Å². The Kier molecular flexibility index (Phi) is 7.50. The number of aromatic nitrogens is 2. The number of allylic oxidation sites excluding steroid dienone is 3. The van der Waals surface area contributed by atoms with Crippen molar-refractivity contribution in [1.29, 1.82) is 5.26 Å². The molecule has 39 heavy (non-hydrogen) atoms. The molecule has 1 aliphatic heterocycles. The number of amides is 1. The Morgan fingerprint density at radius 3 is 2.79 bits per heavy atom. The minimum atomic E-state index is -0.883. The highest BCUT2D eigenvalue weighted by atomic mass is 32.2. The average molecular weight is 561 g/mol. The summed E-state index contributed by atoms with van der Waals surface area (Å²) in [5.74, 6) is -1.49. The van der Waals surface area contributed by atoms with Crippen LogP contribution in [0.5, 0.6) is 0 Å². The van der Waals surface area contributed by atoms with Gasteiger partial charge in [-0.2, -0.15) is 5.26 Å². The highest BCUT2D eigenvalue weighted by Crippen LogP contribution is 2.47. The standard InChI is InChI=1S/C28H25FN6O2S2/c1-15-10-11-20(16(2)12-15)32-23(37)14-38-28-34-33-27(39-28)35-21-8-5-9-22(36)25(21)24(18(13-30)26(35)31)17-6-3-4-7-19(17)29/h3-4,6-7,10-12,24H,5,8-9,14,31H2,1-2H3,(H,32,37). The van der Waals surface area contributed by atoms with Gasteiger partial charge in [0.2, 0.25) is 11.0 Å². The summed E-state index contributed by atoms with van der Waals surface area (Å²) >= 11 is 2.44. The van der Waals surface area contributed by atoms with Gasteiger partial charge in [0.1, 0.15) is 11.6 Å². The Labute approximate surface area is 233 Å².